The van der Waals surface area contributed by atoms with Crippen molar-refractivity contribution in [2.75, 3.05) is 13.1 Å². The average Bonchev–Trinajstić information content (AvgIpc) is 3.11. The molecule has 2 aromatic rings. The number of carboxylic acids is 1. The first kappa shape index (κ1) is 21.0. The lowest BCUT2D eigenvalue weighted by Gasteiger charge is -2.32. The van der Waals surface area contributed by atoms with Crippen molar-refractivity contribution in [3.05, 3.63) is 34.9 Å². The molecular weight excluding hydrogens is 370 g/mol. The zero-order chi connectivity index (χ0) is 21.1. The van der Waals surface area contributed by atoms with Gasteiger partial charge >= 0.3 is 5.97 Å². The molecule has 3 rings (SSSR count). The molecule has 1 N–H and O–H groups in total. The molecule has 29 heavy (non-hydrogen) atoms. The van der Waals surface area contributed by atoms with Gasteiger partial charge in [0.1, 0.15) is 0 Å². The predicted molar refractivity (Wildman–Crippen MR) is 108 cm³/mol. The maximum absolute atomic E-state index is 13.3. The molecule has 1 aliphatic rings. The largest absolute Gasteiger partial charge is 0.481 e. The van der Waals surface area contributed by atoms with Crippen LogP contribution in [0.5, 0.6) is 0 Å². The number of aryl methyl sites for hydroxylation is 2. The average molecular weight is 399 g/mol. The molecule has 0 spiro atoms. The molecular formula is C21H29N5O3. The van der Waals surface area contributed by atoms with Gasteiger partial charge in [0.25, 0.3) is 11.9 Å². The number of rotatable bonds is 6. The number of aromatic nitrogens is 4. The monoisotopic (exact) mass is 399 g/mol. The fraction of sp³-hybridized carbons (Fsp3) is 0.571. The standard InChI is InChI=1S/C21H29N5O3/c1-13(2)19-17(12-26(24-19)21-22-14(3)10-15(4)23-21)20(29)25-9-5-6-16(11-25)7-8-18(27)28/h10,12-13,16H,5-9,11H2,1-4H3,(H,27,28). The highest BCUT2D eigenvalue weighted by atomic mass is 16.4. The quantitative estimate of drug-likeness (QED) is 0.801. The van der Waals surface area contributed by atoms with Crippen LogP contribution in [0.2, 0.25) is 0 Å². The number of carboxylic acid groups (broad SMARTS) is 1. The minimum Gasteiger partial charge on any atom is -0.481 e. The smallest absolute Gasteiger partial charge is 0.303 e. The van der Waals surface area contributed by atoms with E-state index in [0.717, 1.165) is 29.9 Å². The highest BCUT2D eigenvalue weighted by molar-refractivity contribution is 5.95. The van der Waals surface area contributed by atoms with Crippen LogP contribution in [0.25, 0.3) is 5.95 Å². The summed E-state index contributed by atoms with van der Waals surface area (Å²) in [7, 11) is 0. The molecule has 1 saturated heterocycles. The predicted octanol–water partition coefficient (Wildman–Crippen LogP) is 3.12. The topological polar surface area (TPSA) is 101 Å². The van der Waals surface area contributed by atoms with E-state index in [1.165, 1.54) is 0 Å². The van der Waals surface area contributed by atoms with Crippen LogP contribution in [0.15, 0.2) is 12.3 Å². The summed E-state index contributed by atoms with van der Waals surface area (Å²) in [5.41, 5.74) is 2.99. The summed E-state index contributed by atoms with van der Waals surface area (Å²) < 4.78 is 1.59. The van der Waals surface area contributed by atoms with Crippen LogP contribution in [0.3, 0.4) is 0 Å². The number of hydrogen-bond acceptors (Lipinski definition) is 5. The molecule has 0 aromatic carbocycles. The van der Waals surface area contributed by atoms with Gasteiger partial charge in [-0.3, -0.25) is 9.59 Å². The van der Waals surface area contributed by atoms with Crippen molar-refractivity contribution in [2.45, 2.75) is 59.3 Å². The van der Waals surface area contributed by atoms with Gasteiger partial charge in [-0.15, -0.1) is 0 Å². The van der Waals surface area contributed by atoms with Crippen molar-refractivity contribution in [1.82, 2.24) is 24.6 Å². The molecule has 156 valence electrons. The Hall–Kier alpha value is -2.77. The Balaban J connectivity index is 1.86. The normalized spacial score (nSPS) is 17.0. The molecule has 0 aliphatic carbocycles. The summed E-state index contributed by atoms with van der Waals surface area (Å²) >= 11 is 0. The number of nitrogens with zero attached hydrogens (tertiary/aromatic N) is 5. The Kier molecular flexibility index (Phi) is 6.30. The van der Waals surface area contributed by atoms with E-state index in [2.05, 4.69) is 15.1 Å². The van der Waals surface area contributed by atoms with E-state index in [9.17, 15) is 9.59 Å². The Labute approximate surface area is 171 Å². The lowest BCUT2D eigenvalue weighted by Crippen LogP contribution is -2.40. The van der Waals surface area contributed by atoms with E-state index in [0.29, 0.717) is 31.0 Å². The van der Waals surface area contributed by atoms with Crippen LogP contribution in [-0.2, 0) is 4.79 Å². The maximum Gasteiger partial charge on any atom is 0.303 e. The number of likely N-dealkylation sites (tertiary alicyclic amines) is 1. The number of hydrogen-bond donors (Lipinski definition) is 1. The SMILES string of the molecule is Cc1cc(C)nc(-n2cc(C(=O)N3CCCC(CCC(=O)O)C3)c(C(C)C)n2)n1. The van der Waals surface area contributed by atoms with Gasteiger partial charge in [-0.2, -0.15) is 5.10 Å². The summed E-state index contributed by atoms with van der Waals surface area (Å²) in [6, 6.07) is 1.90. The van der Waals surface area contributed by atoms with Crippen molar-refractivity contribution in [3.63, 3.8) is 0 Å². The van der Waals surface area contributed by atoms with Crippen LogP contribution in [0, 0.1) is 19.8 Å². The van der Waals surface area contributed by atoms with E-state index < -0.39 is 5.97 Å². The molecule has 3 heterocycles. The second-order valence-corrected chi connectivity index (χ2v) is 8.17. The van der Waals surface area contributed by atoms with Crippen molar-refractivity contribution >= 4 is 11.9 Å². The first-order chi connectivity index (χ1) is 13.7. The molecule has 1 amide bonds. The van der Waals surface area contributed by atoms with E-state index in [1.807, 2.05) is 38.7 Å². The molecule has 0 bridgehead atoms. The van der Waals surface area contributed by atoms with Crippen LogP contribution in [0.1, 0.15) is 72.9 Å². The number of aliphatic carboxylic acids is 1. The van der Waals surface area contributed by atoms with Crippen LogP contribution in [0.4, 0.5) is 0 Å². The molecule has 2 aromatic heterocycles. The van der Waals surface area contributed by atoms with Crippen molar-refractivity contribution in [2.24, 2.45) is 5.92 Å². The Bertz CT molecular complexity index is 885. The zero-order valence-electron chi connectivity index (χ0n) is 17.6. The molecule has 0 saturated carbocycles. The zero-order valence-corrected chi connectivity index (χ0v) is 17.6. The minimum atomic E-state index is -0.787. The van der Waals surface area contributed by atoms with Gasteiger partial charge in [-0.05, 0) is 51.0 Å². The Morgan fingerprint density at radius 1 is 1.24 bits per heavy atom. The fourth-order valence-electron chi connectivity index (χ4n) is 3.87. The third-order valence-corrected chi connectivity index (χ3v) is 5.27. The first-order valence-corrected chi connectivity index (χ1v) is 10.2. The lowest BCUT2D eigenvalue weighted by molar-refractivity contribution is -0.137. The van der Waals surface area contributed by atoms with E-state index >= 15 is 0 Å². The van der Waals surface area contributed by atoms with Gasteiger partial charge in [0, 0.05) is 37.1 Å². The lowest BCUT2D eigenvalue weighted by atomic mass is 9.93. The summed E-state index contributed by atoms with van der Waals surface area (Å²) in [6.45, 7) is 9.11. The summed E-state index contributed by atoms with van der Waals surface area (Å²) in [4.78, 5) is 34.9. The van der Waals surface area contributed by atoms with Crippen molar-refractivity contribution in [3.8, 4) is 5.95 Å². The molecule has 8 nitrogen and oxygen atoms in total. The van der Waals surface area contributed by atoms with Gasteiger partial charge in [0.05, 0.1) is 11.3 Å². The summed E-state index contributed by atoms with van der Waals surface area (Å²) in [6.07, 6.45) is 4.33. The van der Waals surface area contributed by atoms with Crippen LogP contribution in [-0.4, -0.2) is 54.7 Å². The second-order valence-electron chi connectivity index (χ2n) is 8.17. The number of carbonyl (C=O) groups is 2. The van der Waals surface area contributed by atoms with Crippen molar-refractivity contribution < 1.29 is 14.7 Å². The van der Waals surface area contributed by atoms with E-state index in [1.54, 1.807) is 10.9 Å². The van der Waals surface area contributed by atoms with Gasteiger partial charge in [-0.1, -0.05) is 13.8 Å². The Morgan fingerprint density at radius 3 is 2.55 bits per heavy atom. The molecule has 1 atom stereocenters. The molecule has 8 heteroatoms. The molecule has 1 fully saturated rings. The van der Waals surface area contributed by atoms with Crippen molar-refractivity contribution in [1.29, 1.82) is 0 Å². The second kappa shape index (κ2) is 8.71. The highest BCUT2D eigenvalue weighted by Crippen LogP contribution is 2.25. The van der Waals surface area contributed by atoms with Gasteiger partial charge in [0.2, 0.25) is 0 Å². The molecule has 1 aliphatic heterocycles. The van der Waals surface area contributed by atoms with E-state index in [4.69, 9.17) is 5.11 Å². The maximum atomic E-state index is 13.3. The summed E-state index contributed by atoms with van der Waals surface area (Å²) in [5, 5.41) is 13.6. The number of piperidine rings is 1. The third kappa shape index (κ3) is 4.99. The number of amides is 1. The minimum absolute atomic E-state index is 0.0515. The molecule has 1 unspecified atom stereocenters. The third-order valence-electron chi connectivity index (χ3n) is 5.27. The van der Waals surface area contributed by atoms with Gasteiger partial charge < -0.3 is 10.0 Å². The van der Waals surface area contributed by atoms with Gasteiger partial charge in [0.15, 0.2) is 0 Å². The highest BCUT2D eigenvalue weighted by Gasteiger charge is 2.29. The van der Waals surface area contributed by atoms with Crippen LogP contribution < -0.4 is 0 Å². The van der Waals surface area contributed by atoms with Gasteiger partial charge in [-0.25, -0.2) is 14.6 Å². The first-order valence-electron chi connectivity index (χ1n) is 10.2. The fourth-order valence-corrected chi connectivity index (χ4v) is 3.87. The molecule has 0 radical (unpaired) electrons. The van der Waals surface area contributed by atoms with E-state index in [-0.39, 0.29) is 24.2 Å². The summed E-state index contributed by atoms with van der Waals surface area (Å²) in [5.74, 6) is -0.0751. The number of carbonyl (C=O) groups excluding carboxylic acids is 1. The Morgan fingerprint density at radius 2 is 1.93 bits per heavy atom. The van der Waals surface area contributed by atoms with Crippen LogP contribution >= 0.6 is 0 Å².